The van der Waals surface area contributed by atoms with Crippen molar-refractivity contribution in [2.75, 3.05) is 4.90 Å². The molecular formula is C57H40N2S. The third kappa shape index (κ3) is 5.33. The lowest BCUT2D eigenvalue weighted by Crippen LogP contribution is -2.16. The van der Waals surface area contributed by atoms with E-state index in [9.17, 15) is 0 Å². The Morgan fingerprint density at radius 2 is 1.02 bits per heavy atom. The van der Waals surface area contributed by atoms with Crippen molar-refractivity contribution >= 4 is 70.4 Å². The molecule has 12 rings (SSSR count). The van der Waals surface area contributed by atoms with Gasteiger partial charge in [0, 0.05) is 48.7 Å². The Hall–Kier alpha value is -7.20. The van der Waals surface area contributed by atoms with Crippen molar-refractivity contribution in [3.63, 3.8) is 0 Å². The number of para-hydroxylation sites is 1. The minimum absolute atomic E-state index is 0.140. The van der Waals surface area contributed by atoms with Crippen LogP contribution in [0.3, 0.4) is 0 Å². The van der Waals surface area contributed by atoms with Gasteiger partial charge in [-0.05, 0) is 99.1 Å². The van der Waals surface area contributed by atoms with E-state index in [-0.39, 0.29) is 5.41 Å². The van der Waals surface area contributed by atoms with Crippen LogP contribution in [0.25, 0.3) is 81.0 Å². The fourth-order valence-corrected chi connectivity index (χ4v) is 11.0. The Bertz CT molecular complexity index is 3450. The number of aromatic nitrogens is 1. The van der Waals surface area contributed by atoms with Gasteiger partial charge in [0.05, 0.1) is 21.4 Å². The van der Waals surface area contributed by atoms with Crippen LogP contribution < -0.4 is 4.90 Å². The molecule has 0 atom stereocenters. The normalized spacial score (nSPS) is 13.0. The second-order valence-corrected chi connectivity index (χ2v) is 17.6. The maximum absolute atomic E-state index is 2.51. The average molecular weight is 785 g/mol. The predicted octanol–water partition coefficient (Wildman–Crippen LogP) is 16.3. The van der Waals surface area contributed by atoms with Crippen LogP contribution in [0.2, 0.25) is 0 Å². The molecule has 0 radical (unpaired) electrons. The van der Waals surface area contributed by atoms with Crippen LogP contribution in [0.4, 0.5) is 17.1 Å². The van der Waals surface area contributed by atoms with Crippen molar-refractivity contribution in [2.24, 2.45) is 0 Å². The highest BCUT2D eigenvalue weighted by Crippen LogP contribution is 2.52. The highest BCUT2D eigenvalue weighted by Gasteiger charge is 2.36. The van der Waals surface area contributed by atoms with Gasteiger partial charge in [0.2, 0.25) is 0 Å². The van der Waals surface area contributed by atoms with E-state index in [4.69, 9.17) is 0 Å². The monoisotopic (exact) mass is 784 g/mol. The Labute approximate surface area is 353 Å². The molecule has 0 amide bonds. The fraction of sp³-hybridized carbons (Fsp3) is 0.0526. The van der Waals surface area contributed by atoms with Crippen LogP contribution in [0, 0.1) is 0 Å². The first-order valence-electron chi connectivity index (χ1n) is 20.8. The molecule has 0 unspecified atom stereocenters. The molecule has 284 valence electrons. The molecule has 0 fully saturated rings. The summed E-state index contributed by atoms with van der Waals surface area (Å²) in [5.74, 6) is 0. The van der Waals surface area contributed by atoms with Gasteiger partial charge in [0.15, 0.2) is 0 Å². The molecule has 0 bridgehead atoms. The van der Waals surface area contributed by atoms with Crippen molar-refractivity contribution in [2.45, 2.75) is 19.3 Å². The zero-order valence-corrected chi connectivity index (χ0v) is 34.2. The van der Waals surface area contributed by atoms with Gasteiger partial charge in [0.1, 0.15) is 0 Å². The van der Waals surface area contributed by atoms with E-state index < -0.39 is 0 Å². The number of hydrogen-bond acceptors (Lipinski definition) is 2. The lowest BCUT2D eigenvalue weighted by atomic mass is 9.82. The van der Waals surface area contributed by atoms with E-state index in [1.165, 1.54) is 86.5 Å². The van der Waals surface area contributed by atoms with Gasteiger partial charge in [-0.2, -0.15) is 0 Å². The number of anilines is 3. The van der Waals surface area contributed by atoms with Gasteiger partial charge in [-0.3, -0.25) is 0 Å². The van der Waals surface area contributed by atoms with Gasteiger partial charge >= 0.3 is 0 Å². The summed E-state index contributed by atoms with van der Waals surface area (Å²) in [7, 11) is 0. The molecule has 2 heterocycles. The number of fused-ring (bicyclic) bond motifs is 9. The largest absolute Gasteiger partial charge is 0.309 e. The predicted molar refractivity (Wildman–Crippen MR) is 257 cm³/mol. The fourth-order valence-electron chi connectivity index (χ4n) is 9.84. The van der Waals surface area contributed by atoms with E-state index in [0.717, 1.165) is 22.7 Å². The van der Waals surface area contributed by atoms with Crippen LogP contribution in [-0.2, 0) is 5.41 Å². The molecule has 9 aromatic carbocycles. The Kier molecular flexibility index (Phi) is 7.79. The van der Waals surface area contributed by atoms with E-state index in [1.54, 1.807) is 0 Å². The summed E-state index contributed by atoms with van der Waals surface area (Å²) in [5.41, 5.74) is 17.0. The maximum atomic E-state index is 2.51. The molecule has 1 aliphatic carbocycles. The summed E-state index contributed by atoms with van der Waals surface area (Å²) in [6.07, 6.45) is 0. The van der Waals surface area contributed by atoms with Gasteiger partial charge in [0.25, 0.3) is 0 Å². The molecule has 1 aliphatic rings. The van der Waals surface area contributed by atoms with Gasteiger partial charge < -0.3 is 9.47 Å². The van der Waals surface area contributed by atoms with Gasteiger partial charge in [-0.15, -0.1) is 11.3 Å². The van der Waals surface area contributed by atoms with Crippen molar-refractivity contribution < 1.29 is 0 Å². The summed E-state index contributed by atoms with van der Waals surface area (Å²) in [6.45, 7) is 4.74. The Morgan fingerprint density at radius 3 is 1.82 bits per heavy atom. The quantitative estimate of drug-likeness (QED) is 0.163. The highest BCUT2D eigenvalue weighted by atomic mass is 32.1. The maximum Gasteiger partial charge on any atom is 0.0661 e. The number of rotatable bonds is 6. The lowest BCUT2D eigenvalue weighted by molar-refractivity contribution is 0.660. The lowest BCUT2D eigenvalue weighted by Gasteiger charge is -2.29. The van der Waals surface area contributed by atoms with Crippen LogP contribution >= 0.6 is 11.3 Å². The number of benzene rings is 9. The summed E-state index contributed by atoms with van der Waals surface area (Å²) in [4.78, 5) is 2.51. The second kappa shape index (κ2) is 13.4. The summed E-state index contributed by atoms with van der Waals surface area (Å²) in [5, 5.41) is 5.03. The first kappa shape index (κ1) is 34.8. The zero-order chi connectivity index (χ0) is 40.0. The summed E-state index contributed by atoms with van der Waals surface area (Å²) >= 11 is 1.88. The van der Waals surface area contributed by atoms with E-state index in [0.29, 0.717) is 0 Å². The van der Waals surface area contributed by atoms with Crippen LogP contribution in [0.1, 0.15) is 25.0 Å². The standard InChI is InChI=1S/C57H40N2S/c1-57(2)50-22-12-9-19-44(50)45-32-30-42(35-51(45)57)58(41-28-25-39(26-29-41)37-15-5-3-6-16-37)54-36-43(34-49-48-21-11-14-24-55(48)60-56(49)54)59-52-23-13-10-20-46(52)47-31-27-40(33-53(47)59)38-17-7-4-8-18-38/h3-36H,1-2H3. The van der Waals surface area contributed by atoms with Gasteiger partial charge in [-0.25, -0.2) is 0 Å². The molecule has 0 N–H and O–H groups in total. The van der Waals surface area contributed by atoms with Crippen molar-refractivity contribution in [3.05, 3.63) is 217 Å². The number of thiophene rings is 1. The van der Waals surface area contributed by atoms with E-state index in [2.05, 4.69) is 230 Å². The van der Waals surface area contributed by atoms with Crippen LogP contribution in [0.15, 0.2) is 206 Å². The van der Waals surface area contributed by atoms with Crippen molar-refractivity contribution in [1.82, 2.24) is 4.57 Å². The Morgan fingerprint density at radius 1 is 0.417 bits per heavy atom. The van der Waals surface area contributed by atoms with E-state index >= 15 is 0 Å². The third-order valence-electron chi connectivity index (χ3n) is 12.8. The van der Waals surface area contributed by atoms with E-state index in [1.807, 2.05) is 11.3 Å². The number of nitrogens with zero attached hydrogens (tertiary/aromatic N) is 2. The summed E-state index contributed by atoms with van der Waals surface area (Å²) < 4.78 is 5.04. The molecular weight excluding hydrogens is 745 g/mol. The smallest absolute Gasteiger partial charge is 0.0661 e. The Balaban J connectivity index is 1.15. The molecule has 0 spiro atoms. The molecule has 2 aromatic heterocycles. The van der Waals surface area contributed by atoms with Crippen LogP contribution in [0.5, 0.6) is 0 Å². The molecule has 2 nitrogen and oxygen atoms in total. The molecule has 11 aromatic rings. The minimum atomic E-state index is -0.140. The van der Waals surface area contributed by atoms with Crippen molar-refractivity contribution in [3.8, 4) is 39.1 Å². The molecule has 3 heteroatoms. The minimum Gasteiger partial charge on any atom is -0.309 e. The van der Waals surface area contributed by atoms with Crippen LogP contribution in [-0.4, -0.2) is 4.57 Å². The highest BCUT2D eigenvalue weighted by molar-refractivity contribution is 7.26. The second-order valence-electron chi connectivity index (χ2n) is 16.5. The van der Waals surface area contributed by atoms with Crippen molar-refractivity contribution in [1.29, 1.82) is 0 Å². The summed E-state index contributed by atoms with van der Waals surface area (Å²) in [6, 6.07) is 76.2. The zero-order valence-electron chi connectivity index (χ0n) is 33.4. The molecule has 0 aliphatic heterocycles. The number of hydrogen-bond donors (Lipinski definition) is 0. The van der Waals surface area contributed by atoms with Gasteiger partial charge in [-0.1, -0.05) is 166 Å². The first-order chi connectivity index (χ1) is 29.5. The average Bonchev–Trinajstić information content (AvgIpc) is 3.92. The molecule has 0 saturated carbocycles. The molecule has 0 saturated heterocycles. The SMILES string of the molecule is CC1(C)c2ccccc2-c2ccc(N(c3ccc(-c4ccccc4)cc3)c3cc(-n4c5ccccc5c5ccc(-c6ccccc6)cc54)cc4c3sc3ccccc34)cc21. The first-order valence-corrected chi connectivity index (χ1v) is 21.6. The third-order valence-corrected chi connectivity index (χ3v) is 14.0. The topological polar surface area (TPSA) is 8.17 Å². The molecule has 60 heavy (non-hydrogen) atoms.